The molecule has 1 aromatic carbocycles. The van der Waals surface area contributed by atoms with Gasteiger partial charge in [0, 0.05) is 11.6 Å². The van der Waals surface area contributed by atoms with Gasteiger partial charge in [-0.25, -0.2) is 0 Å². The molecule has 1 atom stereocenters. The van der Waals surface area contributed by atoms with Gasteiger partial charge < -0.3 is 5.32 Å². The first-order chi connectivity index (χ1) is 6.29. The molecule has 0 aliphatic carbocycles. The van der Waals surface area contributed by atoms with Crippen molar-refractivity contribution >= 4 is 24.0 Å². The lowest BCUT2D eigenvalue weighted by Crippen LogP contribution is -2.08. The second-order valence-corrected chi connectivity index (χ2v) is 4.05. The summed E-state index contributed by atoms with van der Waals surface area (Å²) >= 11 is 6.07. The molecule has 1 N–H and O–H groups in total. The van der Waals surface area contributed by atoms with E-state index in [0.29, 0.717) is 5.92 Å². The Morgan fingerprint density at radius 1 is 1.43 bits per heavy atom. The van der Waals surface area contributed by atoms with Crippen molar-refractivity contribution in [3.8, 4) is 0 Å². The van der Waals surface area contributed by atoms with E-state index < -0.39 is 0 Å². The summed E-state index contributed by atoms with van der Waals surface area (Å²) in [5.41, 5.74) is 2.66. The maximum Gasteiger partial charge on any atom is 0.0438 e. The topological polar surface area (TPSA) is 12.0 Å². The molecule has 14 heavy (non-hydrogen) atoms. The van der Waals surface area contributed by atoms with Crippen LogP contribution in [0.2, 0.25) is 5.02 Å². The fourth-order valence-electron chi connectivity index (χ4n) is 1.99. The third kappa shape index (κ3) is 2.22. The molecule has 0 aromatic heterocycles. The molecule has 0 saturated carbocycles. The van der Waals surface area contributed by atoms with E-state index in [1.807, 2.05) is 12.1 Å². The van der Waals surface area contributed by atoms with Crippen LogP contribution >= 0.6 is 24.0 Å². The predicted octanol–water partition coefficient (Wildman–Crippen LogP) is 3.15. The first kappa shape index (κ1) is 11.8. The number of hydrogen-bond acceptors (Lipinski definition) is 1. The molecule has 1 saturated heterocycles. The van der Waals surface area contributed by atoms with Crippen LogP contribution in [0, 0.1) is 6.92 Å². The van der Waals surface area contributed by atoms with Crippen molar-refractivity contribution in [2.24, 2.45) is 0 Å². The summed E-state index contributed by atoms with van der Waals surface area (Å²) in [6, 6.07) is 6.20. The largest absolute Gasteiger partial charge is 0.316 e. The van der Waals surface area contributed by atoms with Gasteiger partial charge in [-0.3, -0.25) is 0 Å². The van der Waals surface area contributed by atoms with Crippen molar-refractivity contribution in [3.05, 3.63) is 34.3 Å². The zero-order valence-corrected chi connectivity index (χ0v) is 9.79. The molecule has 1 heterocycles. The summed E-state index contributed by atoms with van der Waals surface area (Å²) < 4.78 is 0. The lowest BCUT2D eigenvalue weighted by Gasteiger charge is -2.12. The third-order valence-corrected chi connectivity index (χ3v) is 3.22. The Kier molecular flexibility index (Phi) is 4.24. The van der Waals surface area contributed by atoms with Crippen molar-refractivity contribution in [1.29, 1.82) is 0 Å². The molecule has 0 spiro atoms. The Hall–Kier alpha value is -0.240. The molecule has 78 valence electrons. The van der Waals surface area contributed by atoms with Gasteiger partial charge in [0.2, 0.25) is 0 Å². The highest BCUT2D eigenvalue weighted by Crippen LogP contribution is 2.28. The van der Waals surface area contributed by atoms with Crippen LogP contribution in [0.1, 0.15) is 23.5 Å². The van der Waals surface area contributed by atoms with Crippen LogP contribution in [0.3, 0.4) is 0 Å². The first-order valence-corrected chi connectivity index (χ1v) is 5.12. The fourth-order valence-corrected chi connectivity index (χ4v) is 2.17. The van der Waals surface area contributed by atoms with Crippen LogP contribution in [0.5, 0.6) is 0 Å². The zero-order valence-electron chi connectivity index (χ0n) is 8.22. The van der Waals surface area contributed by atoms with Crippen LogP contribution in [-0.4, -0.2) is 13.1 Å². The van der Waals surface area contributed by atoms with Gasteiger partial charge in [-0.15, -0.1) is 12.4 Å². The molecular formula is C11H15Cl2N. The van der Waals surface area contributed by atoms with Crippen molar-refractivity contribution in [3.63, 3.8) is 0 Å². The Balaban J connectivity index is 0.000000980. The van der Waals surface area contributed by atoms with Gasteiger partial charge >= 0.3 is 0 Å². The smallest absolute Gasteiger partial charge is 0.0438 e. The van der Waals surface area contributed by atoms with Gasteiger partial charge in [-0.2, -0.15) is 0 Å². The molecule has 1 aromatic rings. The number of hydrogen-bond donors (Lipinski definition) is 1. The molecule has 3 heteroatoms. The van der Waals surface area contributed by atoms with Crippen LogP contribution < -0.4 is 5.32 Å². The van der Waals surface area contributed by atoms with Crippen molar-refractivity contribution < 1.29 is 0 Å². The third-order valence-electron chi connectivity index (χ3n) is 2.81. The second-order valence-electron chi connectivity index (χ2n) is 3.64. The maximum atomic E-state index is 6.07. The SMILES string of the molecule is Cc1c(Cl)cccc1C1CCNC1.Cl. The van der Waals surface area contributed by atoms with E-state index >= 15 is 0 Å². The highest BCUT2D eigenvalue weighted by Gasteiger charge is 2.18. The van der Waals surface area contributed by atoms with Crippen LogP contribution in [0.25, 0.3) is 0 Å². The molecule has 1 aliphatic rings. The number of halogens is 2. The highest BCUT2D eigenvalue weighted by molar-refractivity contribution is 6.31. The Bertz CT molecular complexity index is 306. The molecule has 0 radical (unpaired) electrons. The average Bonchev–Trinajstić information content (AvgIpc) is 2.62. The van der Waals surface area contributed by atoms with Gasteiger partial charge in [-0.05, 0) is 43.0 Å². The monoisotopic (exact) mass is 231 g/mol. The van der Waals surface area contributed by atoms with Gasteiger partial charge in [0.1, 0.15) is 0 Å². The van der Waals surface area contributed by atoms with E-state index in [4.69, 9.17) is 11.6 Å². The van der Waals surface area contributed by atoms with E-state index in [0.717, 1.165) is 18.1 Å². The molecule has 0 amide bonds. The van der Waals surface area contributed by atoms with Crippen molar-refractivity contribution in [2.75, 3.05) is 13.1 Å². The number of benzene rings is 1. The minimum Gasteiger partial charge on any atom is -0.316 e. The summed E-state index contributed by atoms with van der Waals surface area (Å²) in [6.07, 6.45) is 1.24. The Labute approximate surface area is 96.3 Å². The highest BCUT2D eigenvalue weighted by atomic mass is 35.5. The summed E-state index contributed by atoms with van der Waals surface area (Å²) in [5.74, 6) is 0.665. The van der Waals surface area contributed by atoms with E-state index in [1.54, 1.807) is 0 Å². The van der Waals surface area contributed by atoms with Crippen LogP contribution in [0.15, 0.2) is 18.2 Å². The minimum atomic E-state index is 0. The van der Waals surface area contributed by atoms with E-state index in [1.165, 1.54) is 17.5 Å². The fraction of sp³-hybridized carbons (Fsp3) is 0.455. The predicted molar refractivity (Wildman–Crippen MR) is 63.7 cm³/mol. The molecular weight excluding hydrogens is 217 g/mol. The standard InChI is InChI=1S/C11H14ClN.ClH/c1-8-10(3-2-4-11(8)12)9-5-6-13-7-9;/h2-4,9,13H,5-7H2,1H3;1H. The van der Waals surface area contributed by atoms with E-state index in [2.05, 4.69) is 18.3 Å². The quantitative estimate of drug-likeness (QED) is 0.784. The minimum absolute atomic E-state index is 0. The molecule has 2 rings (SSSR count). The zero-order chi connectivity index (χ0) is 9.26. The van der Waals surface area contributed by atoms with Crippen molar-refractivity contribution in [1.82, 2.24) is 5.32 Å². The summed E-state index contributed by atoms with van der Waals surface area (Å²) in [7, 11) is 0. The molecule has 1 unspecified atom stereocenters. The van der Waals surface area contributed by atoms with Gasteiger partial charge in [0.05, 0.1) is 0 Å². The molecule has 0 bridgehead atoms. The maximum absolute atomic E-state index is 6.07. The number of nitrogens with one attached hydrogen (secondary N) is 1. The van der Waals surface area contributed by atoms with Gasteiger partial charge in [-0.1, -0.05) is 23.7 Å². The van der Waals surface area contributed by atoms with Gasteiger partial charge in [0.15, 0.2) is 0 Å². The summed E-state index contributed by atoms with van der Waals surface area (Å²) in [6.45, 7) is 4.34. The lowest BCUT2D eigenvalue weighted by atomic mass is 9.94. The number of rotatable bonds is 1. The normalized spacial score (nSPS) is 20.6. The molecule has 1 nitrogen and oxygen atoms in total. The van der Waals surface area contributed by atoms with E-state index in [9.17, 15) is 0 Å². The Morgan fingerprint density at radius 2 is 2.21 bits per heavy atom. The van der Waals surface area contributed by atoms with Crippen molar-refractivity contribution in [2.45, 2.75) is 19.3 Å². The summed E-state index contributed by atoms with van der Waals surface area (Å²) in [5, 5.41) is 4.27. The van der Waals surface area contributed by atoms with Crippen LogP contribution in [0.4, 0.5) is 0 Å². The average molecular weight is 232 g/mol. The van der Waals surface area contributed by atoms with E-state index in [-0.39, 0.29) is 12.4 Å². The second kappa shape index (κ2) is 5.01. The van der Waals surface area contributed by atoms with Crippen LogP contribution in [-0.2, 0) is 0 Å². The van der Waals surface area contributed by atoms with Gasteiger partial charge in [0.25, 0.3) is 0 Å². The summed E-state index contributed by atoms with van der Waals surface area (Å²) in [4.78, 5) is 0. The first-order valence-electron chi connectivity index (χ1n) is 4.75. The lowest BCUT2D eigenvalue weighted by molar-refractivity contribution is 0.757. The molecule has 1 fully saturated rings. The Morgan fingerprint density at radius 3 is 2.86 bits per heavy atom. The molecule has 1 aliphatic heterocycles.